The first kappa shape index (κ1) is 27.2. The number of amides is 2. The van der Waals surface area contributed by atoms with E-state index in [0.717, 1.165) is 38.5 Å². The number of aryl methyl sites for hydroxylation is 2. The smallest absolute Gasteiger partial charge is 0.240 e. The largest absolute Gasteiger partial charge is 0.385 e. The fourth-order valence-electron chi connectivity index (χ4n) is 4.85. The topological polar surface area (TPSA) is 76.5 Å². The normalized spacial score (nSPS) is 15.2. The number of anilines is 1. The average molecular weight is 561 g/mol. The van der Waals surface area contributed by atoms with Crippen molar-refractivity contribution in [3.05, 3.63) is 87.6 Å². The molecule has 5 rings (SSSR count). The van der Waals surface area contributed by atoms with E-state index in [1.54, 1.807) is 35.1 Å². The molecular formula is C30H32N4O3S2. The summed E-state index contributed by atoms with van der Waals surface area (Å²) in [7, 11) is 1.64. The number of aromatic nitrogens is 2. The maximum atomic E-state index is 13.7. The summed E-state index contributed by atoms with van der Waals surface area (Å²) in [4.78, 5) is 29.6. The Bertz CT molecular complexity index is 1450. The van der Waals surface area contributed by atoms with Crippen molar-refractivity contribution in [2.24, 2.45) is 0 Å². The van der Waals surface area contributed by atoms with Gasteiger partial charge in [-0.2, -0.15) is 5.10 Å². The maximum Gasteiger partial charge on any atom is 0.240 e. The zero-order valence-corrected chi connectivity index (χ0v) is 24.0. The van der Waals surface area contributed by atoms with E-state index in [-0.39, 0.29) is 29.4 Å². The van der Waals surface area contributed by atoms with Crippen molar-refractivity contribution in [2.75, 3.05) is 37.5 Å². The highest BCUT2D eigenvalue weighted by molar-refractivity contribution is 8.00. The molecule has 0 saturated carbocycles. The van der Waals surface area contributed by atoms with Crippen LogP contribution in [0.3, 0.4) is 0 Å². The van der Waals surface area contributed by atoms with Gasteiger partial charge < -0.3 is 10.1 Å². The molecule has 1 aliphatic heterocycles. The highest BCUT2D eigenvalue weighted by atomic mass is 32.2. The van der Waals surface area contributed by atoms with Gasteiger partial charge in [0.1, 0.15) is 12.4 Å². The predicted octanol–water partition coefficient (Wildman–Crippen LogP) is 5.54. The van der Waals surface area contributed by atoms with Gasteiger partial charge in [-0.25, -0.2) is 4.68 Å². The Morgan fingerprint density at radius 1 is 1.13 bits per heavy atom. The summed E-state index contributed by atoms with van der Waals surface area (Å²) in [6.07, 6.45) is 0.705. The van der Waals surface area contributed by atoms with Crippen molar-refractivity contribution in [1.29, 1.82) is 0 Å². The molecule has 0 unspecified atom stereocenters. The minimum absolute atomic E-state index is 0.0820. The van der Waals surface area contributed by atoms with Crippen LogP contribution in [0.1, 0.15) is 33.2 Å². The second-order valence-electron chi connectivity index (χ2n) is 9.54. The minimum Gasteiger partial charge on any atom is -0.385 e. The third kappa shape index (κ3) is 5.80. The van der Waals surface area contributed by atoms with Crippen LogP contribution in [0.25, 0.3) is 16.9 Å². The Kier molecular flexibility index (Phi) is 8.50. The first-order chi connectivity index (χ1) is 19.0. The highest BCUT2D eigenvalue weighted by Crippen LogP contribution is 2.49. The Balaban J connectivity index is 1.71. The van der Waals surface area contributed by atoms with Gasteiger partial charge >= 0.3 is 0 Å². The summed E-state index contributed by atoms with van der Waals surface area (Å²) in [5.41, 5.74) is 5.81. The minimum atomic E-state index is -0.209. The molecule has 2 aromatic carbocycles. The molecule has 0 spiro atoms. The summed E-state index contributed by atoms with van der Waals surface area (Å²) in [6.45, 7) is 5.08. The number of carbonyl (C=O) groups excluding carboxylic acids is 2. The van der Waals surface area contributed by atoms with Crippen molar-refractivity contribution in [2.45, 2.75) is 25.5 Å². The van der Waals surface area contributed by atoms with Gasteiger partial charge in [-0.1, -0.05) is 54.1 Å². The molecule has 0 radical (unpaired) electrons. The molecule has 0 bridgehead atoms. The first-order valence-electron chi connectivity index (χ1n) is 12.9. The molecule has 3 heterocycles. The van der Waals surface area contributed by atoms with E-state index in [1.165, 1.54) is 0 Å². The molecule has 2 aromatic heterocycles. The average Bonchev–Trinajstić information content (AvgIpc) is 3.57. The Morgan fingerprint density at radius 3 is 2.67 bits per heavy atom. The monoisotopic (exact) mass is 560 g/mol. The molecule has 9 heteroatoms. The van der Waals surface area contributed by atoms with Crippen LogP contribution in [0, 0.1) is 13.8 Å². The summed E-state index contributed by atoms with van der Waals surface area (Å²) >= 11 is 3.26. The van der Waals surface area contributed by atoms with Crippen LogP contribution in [-0.4, -0.2) is 54.2 Å². The summed E-state index contributed by atoms with van der Waals surface area (Å²) in [5.74, 6) is 0.591. The summed E-state index contributed by atoms with van der Waals surface area (Å²) in [6, 6.07) is 20.4. The van der Waals surface area contributed by atoms with Crippen molar-refractivity contribution < 1.29 is 14.3 Å². The van der Waals surface area contributed by atoms with E-state index in [0.29, 0.717) is 25.4 Å². The van der Waals surface area contributed by atoms with Gasteiger partial charge in [0.2, 0.25) is 11.8 Å². The van der Waals surface area contributed by atoms with Crippen LogP contribution < -0.4 is 10.2 Å². The lowest BCUT2D eigenvalue weighted by Crippen LogP contribution is -2.42. The molecule has 1 atom stereocenters. The zero-order chi connectivity index (χ0) is 27.4. The highest BCUT2D eigenvalue weighted by Gasteiger charge is 2.38. The third-order valence-corrected chi connectivity index (χ3v) is 8.99. The number of hydrogen-bond acceptors (Lipinski definition) is 6. The van der Waals surface area contributed by atoms with E-state index in [9.17, 15) is 9.59 Å². The molecule has 4 aromatic rings. The van der Waals surface area contributed by atoms with Crippen molar-refractivity contribution in [1.82, 2.24) is 15.1 Å². The fraction of sp³-hybridized carbons (Fsp3) is 0.300. The van der Waals surface area contributed by atoms with Crippen LogP contribution >= 0.6 is 23.1 Å². The second kappa shape index (κ2) is 12.2. The molecule has 2 amide bonds. The second-order valence-corrected chi connectivity index (χ2v) is 11.6. The number of rotatable bonds is 9. The molecule has 0 saturated heterocycles. The molecule has 1 aliphatic rings. The molecule has 1 N–H and O–H groups in total. The predicted molar refractivity (Wildman–Crippen MR) is 159 cm³/mol. The van der Waals surface area contributed by atoms with Gasteiger partial charge in [0.05, 0.1) is 22.4 Å². The van der Waals surface area contributed by atoms with E-state index in [4.69, 9.17) is 9.84 Å². The number of methoxy groups -OCH3 is 1. The fourth-order valence-corrected chi connectivity index (χ4v) is 7.02. The number of thiophene rings is 1. The molecule has 0 aliphatic carbocycles. The van der Waals surface area contributed by atoms with Crippen LogP contribution in [0.15, 0.2) is 66.0 Å². The van der Waals surface area contributed by atoms with Gasteiger partial charge in [0.25, 0.3) is 0 Å². The van der Waals surface area contributed by atoms with Gasteiger partial charge in [-0.3, -0.25) is 14.5 Å². The quantitative estimate of drug-likeness (QED) is 0.272. The number of nitrogens with one attached hydrogen (secondary N) is 1. The van der Waals surface area contributed by atoms with Crippen molar-refractivity contribution >= 4 is 40.7 Å². The molecular weight excluding hydrogens is 528 g/mol. The van der Waals surface area contributed by atoms with Crippen LogP contribution in [-0.2, 0) is 14.3 Å². The molecule has 7 nitrogen and oxygen atoms in total. The van der Waals surface area contributed by atoms with Gasteiger partial charge in [0.15, 0.2) is 0 Å². The maximum absolute atomic E-state index is 13.7. The molecule has 202 valence electrons. The zero-order valence-electron chi connectivity index (χ0n) is 22.3. The summed E-state index contributed by atoms with van der Waals surface area (Å²) in [5, 5.41) is 10.1. The van der Waals surface area contributed by atoms with Crippen LogP contribution in [0.5, 0.6) is 0 Å². The first-order valence-corrected chi connectivity index (χ1v) is 14.9. The van der Waals surface area contributed by atoms with Gasteiger partial charge in [-0.15, -0.1) is 23.1 Å². The van der Waals surface area contributed by atoms with Gasteiger partial charge in [-0.05, 0) is 43.3 Å². The van der Waals surface area contributed by atoms with E-state index >= 15 is 0 Å². The number of hydrogen-bond donors (Lipinski definition) is 1. The molecule has 39 heavy (non-hydrogen) atoms. The number of fused-ring (bicyclic) bond motifs is 1. The van der Waals surface area contributed by atoms with Gasteiger partial charge in [0, 0.05) is 36.3 Å². The lowest BCUT2D eigenvalue weighted by molar-refractivity contribution is -0.122. The number of carbonyl (C=O) groups is 2. The number of ether oxygens (including phenoxy) is 1. The van der Waals surface area contributed by atoms with Crippen LogP contribution in [0.4, 0.5) is 5.82 Å². The van der Waals surface area contributed by atoms with Crippen molar-refractivity contribution in [3.8, 4) is 16.9 Å². The SMILES string of the molecule is COCCCNC(=O)CN1C(=O)CS[C@@H](c2cccs2)c2c(-c3ccccc3)nn(-c3ccc(C)cc3C)c21. The Morgan fingerprint density at radius 2 is 1.95 bits per heavy atom. The lowest BCUT2D eigenvalue weighted by atomic mass is 10.0. The molecule has 0 fully saturated rings. The number of benzene rings is 2. The number of nitrogens with zero attached hydrogens (tertiary/aromatic N) is 3. The standard InChI is InChI=1S/C30H32N4O3S2/c1-20-12-13-23(21(2)17-20)34-30-27(28(32-34)22-9-5-4-6-10-22)29(24-11-7-16-38-24)39-19-26(36)33(30)18-25(35)31-14-8-15-37-3/h4-7,9-13,16-17,29H,8,14-15,18-19H2,1-3H3,(H,31,35)/t29-/m0/s1. The van der Waals surface area contributed by atoms with E-state index in [2.05, 4.69) is 42.7 Å². The third-order valence-electron chi connectivity index (χ3n) is 6.67. The van der Waals surface area contributed by atoms with E-state index < -0.39 is 0 Å². The number of thioether (sulfide) groups is 1. The summed E-state index contributed by atoms with van der Waals surface area (Å²) < 4.78 is 6.97. The lowest BCUT2D eigenvalue weighted by Gasteiger charge is -2.23. The Labute approximate surface area is 237 Å². The van der Waals surface area contributed by atoms with Crippen LogP contribution in [0.2, 0.25) is 0 Å². The van der Waals surface area contributed by atoms with Crippen molar-refractivity contribution in [3.63, 3.8) is 0 Å². The van der Waals surface area contributed by atoms with E-state index in [1.807, 2.05) is 47.1 Å². The Hall–Kier alpha value is -3.40.